The minimum absolute atomic E-state index is 0.205. The summed E-state index contributed by atoms with van der Waals surface area (Å²) in [5, 5.41) is 7.45. The second-order valence-electron chi connectivity index (χ2n) is 7.15. The number of carbonyl (C=O) groups excluding carboxylic acids is 2. The lowest BCUT2D eigenvalue weighted by Gasteiger charge is -2.15. The van der Waals surface area contributed by atoms with Crippen LogP contribution in [-0.2, 0) is 22.7 Å². The minimum Gasteiger partial charge on any atom is -0.490 e. The predicted molar refractivity (Wildman–Crippen MR) is 140 cm³/mol. The third kappa shape index (κ3) is 7.99. The van der Waals surface area contributed by atoms with E-state index in [-0.39, 0.29) is 13.2 Å². The van der Waals surface area contributed by atoms with Gasteiger partial charge in [-0.2, -0.15) is 5.10 Å². The number of hydrazone groups is 1. The van der Waals surface area contributed by atoms with Crippen LogP contribution in [0.15, 0.2) is 70.2 Å². The van der Waals surface area contributed by atoms with Crippen LogP contribution in [0.2, 0.25) is 10.0 Å². The highest BCUT2D eigenvalue weighted by Gasteiger charge is 2.14. The normalized spacial score (nSPS) is 10.7. The van der Waals surface area contributed by atoms with Gasteiger partial charge in [0.2, 0.25) is 0 Å². The number of ether oxygens (including phenoxy) is 2. The molecule has 7 nitrogen and oxygen atoms in total. The molecule has 0 spiro atoms. The number of carbonyl (C=O) groups is 2. The van der Waals surface area contributed by atoms with Gasteiger partial charge >= 0.3 is 11.8 Å². The molecule has 0 bridgehead atoms. The summed E-state index contributed by atoms with van der Waals surface area (Å²) in [4.78, 5) is 24.0. The number of benzene rings is 3. The average Bonchev–Trinajstić information content (AvgIpc) is 2.84. The Kier molecular flexibility index (Phi) is 9.96. The molecule has 0 unspecified atom stereocenters. The second kappa shape index (κ2) is 13.1. The first-order valence-electron chi connectivity index (χ1n) is 10.6. The fourth-order valence-corrected chi connectivity index (χ4v) is 3.97. The second-order valence-corrected chi connectivity index (χ2v) is 8.85. The van der Waals surface area contributed by atoms with Crippen molar-refractivity contribution in [3.05, 3.63) is 91.9 Å². The van der Waals surface area contributed by atoms with E-state index in [1.165, 1.54) is 6.21 Å². The molecule has 35 heavy (non-hydrogen) atoms. The van der Waals surface area contributed by atoms with Gasteiger partial charge in [0, 0.05) is 22.2 Å². The summed E-state index contributed by atoms with van der Waals surface area (Å²) in [6.07, 6.45) is 1.40. The molecule has 2 amide bonds. The number of amides is 2. The van der Waals surface area contributed by atoms with Crippen molar-refractivity contribution >= 4 is 57.2 Å². The Bertz CT molecular complexity index is 1220. The average molecular weight is 579 g/mol. The summed E-state index contributed by atoms with van der Waals surface area (Å²) in [7, 11) is 0. The topological polar surface area (TPSA) is 89.0 Å². The summed E-state index contributed by atoms with van der Waals surface area (Å²) in [6.45, 7) is 2.70. The lowest BCUT2D eigenvalue weighted by Crippen LogP contribution is -2.37. The van der Waals surface area contributed by atoms with Crippen molar-refractivity contribution in [3.63, 3.8) is 0 Å². The van der Waals surface area contributed by atoms with Gasteiger partial charge in [0.1, 0.15) is 6.61 Å². The molecule has 0 radical (unpaired) electrons. The Morgan fingerprint density at radius 2 is 1.80 bits per heavy atom. The summed E-state index contributed by atoms with van der Waals surface area (Å²) in [5.41, 5.74) is 4.48. The van der Waals surface area contributed by atoms with Crippen molar-refractivity contribution in [2.75, 3.05) is 6.61 Å². The lowest BCUT2D eigenvalue weighted by molar-refractivity contribution is -0.139. The zero-order valence-electron chi connectivity index (χ0n) is 18.7. The molecule has 3 aromatic rings. The number of halogens is 3. The van der Waals surface area contributed by atoms with E-state index in [0.29, 0.717) is 38.2 Å². The molecule has 0 fully saturated rings. The third-order valence-electron chi connectivity index (χ3n) is 4.60. The Morgan fingerprint density at radius 3 is 2.51 bits per heavy atom. The zero-order valence-corrected chi connectivity index (χ0v) is 21.8. The van der Waals surface area contributed by atoms with E-state index in [4.69, 9.17) is 32.7 Å². The molecular weight excluding hydrogens is 557 g/mol. The highest BCUT2D eigenvalue weighted by Crippen LogP contribution is 2.37. The van der Waals surface area contributed by atoms with Gasteiger partial charge in [-0.1, -0.05) is 59.6 Å². The minimum atomic E-state index is -0.874. The third-order valence-corrected chi connectivity index (χ3v) is 5.78. The van der Waals surface area contributed by atoms with E-state index < -0.39 is 11.8 Å². The SMILES string of the molecule is CCOc1cc(/C=N/NC(=O)C(=O)NCc2ccccc2)cc(Br)c1OCc1ccc(Cl)cc1Cl. The van der Waals surface area contributed by atoms with Crippen LogP contribution in [0.4, 0.5) is 0 Å². The molecule has 0 saturated carbocycles. The highest BCUT2D eigenvalue weighted by atomic mass is 79.9. The summed E-state index contributed by atoms with van der Waals surface area (Å²) in [6, 6.07) is 17.9. The van der Waals surface area contributed by atoms with Crippen molar-refractivity contribution in [1.82, 2.24) is 10.7 Å². The smallest absolute Gasteiger partial charge is 0.329 e. The monoisotopic (exact) mass is 577 g/mol. The first kappa shape index (κ1) is 26.5. The zero-order chi connectivity index (χ0) is 25.2. The van der Waals surface area contributed by atoms with Crippen molar-refractivity contribution in [2.24, 2.45) is 5.10 Å². The molecule has 182 valence electrons. The van der Waals surface area contributed by atoms with Gasteiger partial charge in [-0.3, -0.25) is 9.59 Å². The summed E-state index contributed by atoms with van der Waals surface area (Å²) >= 11 is 15.7. The predicted octanol–water partition coefficient (Wildman–Crippen LogP) is 5.50. The summed E-state index contributed by atoms with van der Waals surface area (Å²) in [5.74, 6) is -0.701. The van der Waals surface area contributed by atoms with E-state index >= 15 is 0 Å². The molecule has 0 aliphatic rings. The molecule has 10 heteroatoms. The van der Waals surface area contributed by atoms with Gasteiger partial charge in [0.25, 0.3) is 0 Å². The van der Waals surface area contributed by atoms with Crippen LogP contribution in [0.5, 0.6) is 11.5 Å². The molecule has 0 aliphatic carbocycles. The van der Waals surface area contributed by atoms with Crippen LogP contribution in [0.25, 0.3) is 0 Å². The van der Waals surface area contributed by atoms with E-state index in [9.17, 15) is 9.59 Å². The first-order chi connectivity index (χ1) is 16.9. The number of hydrogen-bond acceptors (Lipinski definition) is 5. The van der Waals surface area contributed by atoms with Crippen LogP contribution < -0.4 is 20.2 Å². The van der Waals surface area contributed by atoms with Crippen LogP contribution in [0.1, 0.15) is 23.6 Å². The number of nitrogens with zero attached hydrogens (tertiary/aromatic N) is 1. The van der Waals surface area contributed by atoms with Crippen molar-refractivity contribution in [3.8, 4) is 11.5 Å². The van der Waals surface area contributed by atoms with Gasteiger partial charge in [0.05, 0.1) is 17.3 Å². The van der Waals surface area contributed by atoms with Crippen molar-refractivity contribution in [2.45, 2.75) is 20.1 Å². The van der Waals surface area contributed by atoms with E-state index in [2.05, 4.69) is 31.8 Å². The quantitative estimate of drug-likeness (QED) is 0.199. The molecule has 0 heterocycles. The maximum atomic E-state index is 12.0. The van der Waals surface area contributed by atoms with E-state index in [0.717, 1.165) is 11.1 Å². The number of nitrogens with one attached hydrogen (secondary N) is 2. The molecule has 0 aliphatic heterocycles. The van der Waals surface area contributed by atoms with Crippen LogP contribution in [-0.4, -0.2) is 24.6 Å². The Hall–Kier alpha value is -3.07. The Labute approximate surface area is 221 Å². The maximum absolute atomic E-state index is 12.0. The van der Waals surface area contributed by atoms with Crippen LogP contribution >= 0.6 is 39.1 Å². The molecule has 3 rings (SSSR count). The molecule has 2 N–H and O–H groups in total. The molecule has 0 saturated heterocycles. The molecular formula is C25H22BrCl2N3O4. The number of rotatable bonds is 9. The lowest BCUT2D eigenvalue weighted by atomic mass is 10.2. The Morgan fingerprint density at radius 1 is 1.03 bits per heavy atom. The fourth-order valence-electron chi connectivity index (χ4n) is 2.93. The van der Waals surface area contributed by atoms with E-state index in [1.54, 1.807) is 30.3 Å². The van der Waals surface area contributed by atoms with E-state index in [1.807, 2.05) is 37.3 Å². The first-order valence-corrected chi connectivity index (χ1v) is 12.1. The van der Waals surface area contributed by atoms with Crippen LogP contribution in [0, 0.1) is 0 Å². The van der Waals surface area contributed by atoms with Gasteiger partial charge in [-0.15, -0.1) is 0 Å². The Balaban J connectivity index is 1.62. The van der Waals surface area contributed by atoms with Crippen LogP contribution in [0.3, 0.4) is 0 Å². The fraction of sp³-hybridized carbons (Fsp3) is 0.160. The number of hydrogen-bond donors (Lipinski definition) is 2. The van der Waals surface area contributed by atoms with Gasteiger partial charge in [-0.25, -0.2) is 5.43 Å². The molecule has 3 aromatic carbocycles. The molecule has 0 atom stereocenters. The van der Waals surface area contributed by atoms with Gasteiger partial charge < -0.3 is 14.8 Å². The standard InChI is InChI=1S/C25H22BrCl2N3O4/c1-2-34-22-11-17(10-20(26)23(22)35-15-18-8-9-19(27)12-21(18)28)14-30-31-25(33)24(32)29-13-16-6-4-3-5-7-16/h3-12,14H,2,13,15H2,1H3,(H,29,32)(H,31,33)/b30-14+. The highest BCUT2D eigenvalue weighted by molar-refractivity contribution is 9.10. The van der Waals surface area contributed by atoms with Gasteiger partial charge in [0.15, 0.2) is 11.5 Å². The molecule has 0 aromatic heterocycles. The van der Waals surface area contributed by atoms with Crippen molar-refractivity contribution in [1.29, 1.82) is 0 Å². The summed E-state index contributed by atoms with van der Waals surface area (Å²) < 4.78 is 12.3. The maximum Gasteiger partial charge on any atom is 0.329 e. The largest absolute Gasteiger partial charge is 0.490 e. The van der Waals surface area contributed by atoms with Gasteiger partial charge in [-0.05, 0) is 58.2 Å². The van der Waals surface area contributed by atoms with Crippen molar-refractivity contribution < 1.29 is 19.1 Å².